The number of nitrogens with zero attached hydrogens (tertiary/aromatic N) is 1. The topological polar surface area (TPSA) is 41.9 Å². The van der Waals surface area contributed by atoms with Gasteiger partial charge in [-0.15, -0.1) is 0 Å². The number of methoxy groups -OCH3 is 1. The quantitative estimate of drug-likeness (QED) is 0.837. The molecule has 0 bridgehead atoms. The second-order valence-electron chi connectivity index (χ2n) is 7.68. The van der Waals surface area contributed by atoms with Crippen LogP contribution in [0.25, 0.3) is 0 Å². The monoisotopic (exact) mass is 371 g/mol. The van der Waals surface area contributed by atoms with Crippen LogP contribution in [0.15, 0.2) is 42.5 Å². The summed E-state index contributed by atoms with van der Waals surface area (Å²) in [4.78, 5) is 2.52. The van der Waals surface area contributed by atoms with Crippen LogP contribution < -0.4 is 9.47 Å². The van der Waals surface area contributed by atoms with Crippen molar-refractivity contribution < 1.29 is 19.0 Å². The van der Waals surface area contributed by atoms with Crippen molar-refractivity contribution in [2.75, 3.05) is 26.7 Å². The molecule has 2 aromatic rings. The molecular weight excluding hydrogens is 345 g/mol. The van der Waals surface area contributed by atoms with Crippen molar-refractivity contribution in [2.24, 2.45) is 11.8 Å². The molecule has 1 aliphatic carbocycles. The fourth-order valence-electron chi connectivity index (χ4n) is 4.49. The fourth-order valence-corrected chi connectivity index (χ4v) is 4.49. The summed E-state index contributed by atoms with van der Waals surface area (Å²) < 4.78 is 25.3. The van der Waals surface area contributed by atoms with Crippen molar-refractivity contribution >= 4 is 0 Å². The molecule has 0 aromatic heterocycles. The molecule has 5 heteroatoms. The molecule has 0 spiro atoms. The standard InChI is InChI=1S/C22H26FNO3/c1-26-20-3-2-4-21(22(20)23)27-19-11-16-13-24(14-17(16)12-19)10-9-15-5-7-18(25)8-6-15/h2-8,16-17,19,25H,9-14H2,1H3/t16-,17+,19?. The molecule has 1 saturated heterocycles. The van der Waals surface area contributed by atoms with E-state index in [1.54, 1.807) is 30.3 Å². The van der Waals surface area contributed by atoms with Gasteiger partial charge >= 0.3 is 0 Å². The zero-order chi connectivity index (χ0) is 18.8. The first-order chi connectivity index (χ1) is 13.1. The lowest BCUT2D eigenvalue weighted by atomic mass is 10.0. The van der Waals surface area contributed by atoms with Crippen LogP contribution in [0.2, 0.25) is 0 Å². The molecule has 4 nitrogen and oxygen atoms in total. The molecular formula is C22H26FNO3. The van der Waals surface area contributed by atoms with Crippen molar-refractivity contribution in [3.63, 3.8) is 0 Å². The minimum Gasteiger partial charge on any atom is -0.508 e. The van der Waals surface area contributed by atoms with Crippen LogP contribution in [0.4, 0.5) is 4.39 Å². The van der Waals surface area contributed by atoms with Gasteiger partial charge in [0, 0.05) is 19.6 Å². The van der Waals surface area contributed by atoms with Gasteiger partial charge in [0.2, 0.25) is 5.82 Å². The van der Waals surface area contributed by atoms with Gasteiger partial charge in [0.15, 0.2) is 11.5 Å². The number of benzene rings is 2. The van der Waals surface area contributed by atoms with Crippen LogP contribution in [0.3, 0.4) is 0 Å². The van der Waals surface area contributed by atoms with Gasteiger partial charge in [-0.2, -0.15) is 4.39 Å². The molecule has 0 amide bonds. The highest BCUT2D eigenvalue weighted by atomic mass is 19.1. The fraction of sp³-hybridized carbons (Fsp3) is 0.455. The highest BCUT2D eigenvalue weighted by molar-refractivity contribution is 5.35. The SMILES string of the molecule is COc1cccc(OC2C[C@@H]3CN(CCc4ccc(O)cc4)C[C@@H]3C2)c1F. The molecule has 1 heterocycles. The summed E-state index contributed by atoms with van der Waals surface area (Å²) in [5.74, 6) is 1.68. The molecule has 3 atom stereocenters. The second-order valence-corrected chi connectivity index (χ2v) is 7.68. The number of phenols is 1. The Morgan fingerprint density at radius 2 is 1.70 bits per heavy atom. The molecule has 2 aliphatic rings. The van der Waals surface area contributed by atoms with E-state index in [1.165, 1.54) is 12.7 Å². The summed E-state index contributed by atoms with van der Waals surface area (Å²) in [6, 6.07) is 12.5. The Morgan fingerprint density at radius 1 is 1.04 bits per heavy atom. The van der Waals surface area contributed by atoms with E-state index in [0.29, 0.717) is 23.3 Å². The molecule has 1 N–H and O–H groups in total. The summed E-state index contributed by atoms with van der Waals surface area (Å²) in [5.41, 5.74) is 1.25. The lowest BCUT2D eigenvalue weighted by Gasteiger charge is -2.20. The summed E-state index contributed by atoms with van der Waals surface area (Å²) >= 11 is 0. The molecule has 4 rings (SSSR count). The van der Waals surface area contributed by atoms with E-state index in [9.17, 15) is 9.50 Å². The van der Waals surface area contributed by atoms with E-state index in [2.05, 4.69) is 4.90 Å². The van der Waals surface area contributed by atoms with Gasteiger partial charge in [0.05, 0.1) is 13.2 Å². The Hall–Kier alpha value is -2.27. The normalized spacial score (nSPS) is 24.7. The number of aromatic hydroxyl groups is 1. The maximum absolute atomic E-state index is 14.3. The van der Waals surface area contributed by atoms with Gasteiger partial charge in [-0.25, -0.2) is 0 Å². The third kappa shape index (κ3) is 4.03. The summed E-state index contributed by atoms with van der Waals surface area (Å²) in [7, 11) is 1.47. The highest BCUT2D eigenvalue weighted by Gasteiger charge is 2.41. The van der Waals surface area contributed by atoms with Crippen LogP contribution >= 0.6 is 0 Å². The van der Waals surface area contributed by atoms with Gasteiger partial charge < -0.3 is 19.5 Å². The van der Waals surface area contributed by atoms with E-state index >= 15 is 0 Å². The third-order valence-electron chi connectivity index (χ3n) is 5.88. The van der Waals surface area contributed by atoms with Crippen LogP contribution in [0.5, 0.6) is 17.2 Å². The summed E-state index contributed by atoms with van der Waals surface area (Å²) in [5, 5.41) is 9.37. The minimum absolute atomic E-state index is 0.0841. The Balaban J connectivity index is 1.28. The molecule has 1 unspecified atom stereocenters. The number of fused-ring (bicyclic) bond motifs is 1. The average molecular weight is 371 g/mol. The first-order valence-corrected chi connectivity index (χ1v) is 9.62. The number of halogens is 1. The molecule has 27 heavy (non-hydrogen) atoms. The zero-order valence-electron chi connectivity index (χ0n) is 15.6. The van der Waals surface area contributed by atoms with E-state index < -0.39 is 5.82 Å². The van der Waals surface area contributed by atoms with Crippen molar-refractivity contribution in [3.8, 4) is 17.2 Å². The Labute approximate surface area is 159 Å². The first kappa shape index (κ1) is 18.1. The smallest absolute Gasteiger partial charge is 0.206 e. The maximum atomic E-state index is 14.3. The number of likely N-dealkylation sites (tertiary alicyclic amines) is 1. The van der Waals surface area contributed by atoms with Crippen LogP contribution in [0, 0.1) is 17.7 Å². The van der Waals surface area contributed by atoms with Gasteiger partial charge in [0.25, 0.3) is 0 Å². The molecule has 144 valence electrons. The first-order valence-electron chi connectivity index (χ1n) is 9.62. The highest BCUT2D eigenvalue weighted by Crippen LogP contribution is 2.40. The minimum atomic E-state index is -0.410. The largest absolute Gasteiger partial charge is 0.508 e. The van der Waals surface area contributed by atoms with Crippen molar-refractivity contribution in [2.45, 2.75) is 25.4 Å². The van der Waals surface area contributed by atoms with Crippen LogP contribution in [0.1, 0.15) is 18.4 Å². The van der Waals surface area contributed by atoms with Gasteiger partial charge in [0.1, 0.15) is 5.75 Å². The molecule has 2 aromatic carbocycles. The van der Waals surface area contributed by atoms with Crippen LogP contribution in [-0.4, -0.2) is 42.9 Å². The zero-order valence-corrected chi connectivity index (χ0v) is 15.6. The van der Waals surface area contributed by atoms with E-state index in [-0.39, 0.29) is 11.9 Å². The number of hydrogen-bond donors (Lipinski definition) is 1. The third-order valence-corrected chi connectivity index (χ3v) is 5.88. The van der Waals surface area contributed by atoms with E-state index in [4.69, 9.17) is 9.47 Å². The molecule has 1 saturated carbocycles. The lowest BCUT2D eigenvalue weighted by molar-refractivity contribution is 0.177. The Morgan fingerprint density at radius 3 is 2.37 bits per heavy atom. The van der Waals surface area contributed by atoms with Gasteiger partial charge in [-0.3, -0.25) is 0 Å². The van der Waals surface area contributed by atoms with Gasteiger partial charge in [-0.05, 0) is 60.9 Å². The summed E-state index contributed by atoms with van der Waals surface area (Å²) in [6.07, 6.45) is 3.05. The number of ether oxygens (including phenoxy) is 2. The predicted molar refractivity (Wildman–Crippen MR) is 102 cm³/mol. The van der Waals surface area contributed by atoms with E-state index in [1.807, 2.05) is 12.1 Å². The van der Waals surface area contributed by atoms with E-state index in [0.717, 1.165) is 38.9 Å². The second kappa shape index (κ2) is 7.77. The number of hydrogen-bond acceptors (Lipinski definition) is 4. The Bertz CT molecular complexity index is 766. The van der Waals surface area contributed by atoms with Crippen molar-refractivity contribution in [3.05, 3.63) is 53.8 Å². The molecule has 0 radical (unpaired) electrons. The molecule has 1 aliphatic heterocycles. The summed E-state index contributed by atoms with van der Waals surface area (Å²) in [6.45, 7) is 3.21. The Kier molecular flexibility index (Phi) is 5.21. The number of phenolic OH excluding ortho intramolecular Hbond substituents is 1. The average Bonchev–Trinajstić information content (AvgIpc) is 3.21. The lowest BCUT2D eigenvalue weighted by Crippen LogP contribution is -2.26. The number of rotatable bonds is 6. The predicted octanol–water partition coefficient (Wildman–Crippen LogP) is 3.87. The van der Waals surface area contributed by atoms with Crippen LogP contribution in [-0.2, 0) is 6.42 Å². The maximum Gasteiger partial charge on any atom is 0.206 e. The van der Waals surface area contributed by atoms with Gasteiger partial charge in [-0.1, -0.05) is 18.2 Å². The van der Waals surface area contributed by atoms with Crippen molar-refractivity contribution in [1.29, 1.82) is 0 Å². The van der Waals surface area contributed by atoms with Crippen molar-refractivity contribution in [1.82, 2.24) is 4.90 Å². The molecule has 2 fully saturated rings.